The first-order chi connectivity index (χ1) is 9.38. The molecule has 2 aromatic rings. The van der Waals surface area contributed by atoms with Crippen LogP contribution in [0.25, 0.3) is 0 Å². The summed E-state index contributed by atoms with van der Waals surface area (Å²) in [5.74, 6) is -0.151. The molecule has 1 aromatic heterocycles. The van der Waals surface area contributed by atoms with E-state index in [4.69, 9.17) is 0 Å². The highest BCUT2D eigenvalue weighted by atomic mass is 79.9. The van der Waals surface area contributed by atoms with Gasteiger partial charge in [-0.05, 0) is 45.1 Å². The van der Waals surface area contributed by atoms with Crippen molar-refractivity contribution in [2.75, 3.05) is 5.32 Å². The monoisotopic (exact) mass is 332 g/mol. The number of hydrogen-bond acceptors (Lipinski definition) is 2. The molecule has 1 N–H and O–H groups in total. The molecular weight excluding hydrogens is 316 g/mol. The predicted molar refractivity (Wildman–Crippen MR) is 85.0 cm³/mol. The van der Waals surface area contributed by atoms with E-state index < -0.39 is 0 Å². The smallest absolute Gasteiger partial charge is 0.257 e. The molecule has 4 heteroatoms. The Bertz CT molecular complexity index is 615. The first-order valence-electron chi connectivity index (χ1n) is 6.40. The second-order valence-corrected chi connectivity index (χ2v) is 6.43. The molecule has 3 nitrogen and oxygen atoms in total. The Balaban J connectivity index is 2.26. The van der Waals surface area contributed by atoms with E-state index in [1.807, 2.05) is 24.3 Å². The van der Waals surface area contributed by atoms with Crippen LogP contribution in [0.3, 0.4) is 0 Å². The second-order valence-electron chi connectivity index (χ2n) is 5.62. The van der Waals surface area contributed by atoms with Crippen LogP contribution in [0.2, 0.25) is 0 Å². The molecule has 0 atom stereocenters. The minimum atomic E-state index is -0.151. The minimum absolute atomic E-state index is 0.0260. The van der Waals surface area contributed by atoms with Crippen LogP contribution in [0.15, 0.2) is 47.2 Å². The van der Waals surface area contributed by atoms with Crippen molar-refractivity contribution in [3.63, 3.8) is 0 Å². The molecule has 0 fully saturated rings. The summed E-state index contributed by atoms with van der Waals surface area (Å²) in [5.41, 5.74) is 2.46. The van der Waals surface area contributed by atoms with Crippen molar-refractivity contribution in [1.82, 2.24) is 4.98 Å². The number of amides is 1. The molecule has 0 aliphatic heterocycles. The van der Waals surface area contributed by atoms with Gasteiger partial charge >= 0.3 is 0 Å². The Labute approximate surface area is 127 Å². The third-order valence-corrected chi connectivity index (χ3v) is 3.44. The summed E-state index contributed by atoms with van der Waals surface area (Å²) in [6, 6.07) is 11.4. The van der Waals surface area contributed by atoms with E-state index in [1.54, 1.807) is 18.3 Å². The third-order valence-electron chi connectivity index (χ3n) is 2.97. The Hall–Kier alpha value is -1.68. The number of rotatable bonds is 2. The Morgan fingerprint density at radius 1 is 1.15 bits per heavy atom. The first-order valence-corrected chi connectivity index (χ1v) is 7.19. The van der Waals surface area contributed by atoms with Gasteiger partial charge in [-0.2, -0.15) is 0 Å². The van der Waals surface area contributed by atoms with Crippen LogP contribution in [0.1, 0.15) is 36.7 Å². The lowest BCUT2D eigenvalue weighted by atomic mass is 9.86. The fourth-order valence-electron chi connectivity index (χ4n) is 1.95. The molecule has 0 radical (unpaired) electrons. The SMILES string of the molecule is CC(C)(C)c1ccccc1NC(=O)c1ccc(Br)nc1. The van der Waals surface area contributed by atoms with Crippen LogP contribution in [0.5, 0.6) is 0 Å². The lowest BCUT2D eigenvalue weighted by Gasteiger charge is -2.23. The predicted octanol–water partition coefficient (Wildman–Crippen LogP) is 4.39. The van der Waals surface area contributed by atoms with E-state index in [2.05, 4.69) is 47.0 Å². The molecule has 0 unspecified atom stereocenters. The van der Waals surface area contributed by atoms with E-state index in [9.17, 15) is 4.79 Å². The number of carbonyl (C=O) groups is 1. The molecule has 1 heterocycles. The molecule has 0 bridgehead atoms. The zero-order chi connectivity index (χ0) is 14.8. The minimum Gasteiger partial charge on any atom is -0.322 e. The van der Waals surface area contributed by atoms with Crippen LogP contribution in [0, 0.1) is 0 Å². The molecule has 20 heavy (non-hydrogen) atoms. The molecular formula is C16H17BrN2O. The van der Waals surface area contributed by atoms with Gasteiger partial charge < -0.3 is 5.32 Å². The van der Waals surface area contributed by atoms with E-state index >= 15 is 0 Å². The van der Waals surface area contributed by atoms with Crippen molar-refractivity contribution in [3.8, 4) is 0 Å². The standard InChI is InChI=1S/C16H17BrN2O/c1-16(2,3)12-6-4-5-7-13(12)19-15(20)11-8-9-14(17)18-10-11/h4-10H,1-3H3,(H,19,20). The summed E-state index contributed by atoms with van der Waals surface area (Å²) in [4.78, 5) is 16.3. The van der Waals surface area contributed by atoms with Gasteiger partial charge in [0.2, 0.25) is 0 Å². The first kappa shape index (κ1) is 14.7. The maximum Gasteiger partial charge on any atom is 0.257 e. The number of nitrogens with one attached hydrogen (secondary N) is 1. The number of anilines is 1. The lowest BCUT2D eigenvalue weighted by molar-refractivity contribution is 0.102. The van der Waals surface area contributed by atoms with Crippen molar-refractivity contribution >= 4 is 27.5 Å². The van der Waals surface area contributed by atoms with E-state index in [1.165, 1.54) is 0 Å². The van der Waals surface area contributed by atoms with Crippen molar-refractivity contribution in [3.05, 3.63) is 58.3 Å². The normalized spacial score (nSPS) is 11.2. The second kappa shape index (κ2) is 5.75. The Morgan fingerprint density at radius 3 is 2.45 bits per heavy atom. The molecule has 0 aliphatic carbocycles. The summed E-state index contributed by atoms with van der Waals surface area (Å²) >= 11 is 3.26. The molecule has 0 spiro atoms. The maximum atomic E-state index is 12.2. The van der Waals surface area contributed by atoms with E-state index in [-0.39, 0.29) is 11.3 Å². The van der Waals surface area contributed by atoms with Crippen molar-refractivity contribution < 1.29 is 4.79 Å². The number of benzene rings is 1. The van der Waals surface area contributed by atoms with Gasteiger partial charge in [0, 0.05) is 11.9 Å². The van der Waals surface area contributed by atoms with Crippen molar-refractivity contribution in [1.29, 1.82) is 0 Å². The number of para-hydroxylation sites is 1. The van der Waals surface area contributed by atoms with Gasteiger partial charge in [-0.25, -0.2) is 4.98 Å². The highest BCUT2D eigenvalue weighted by molar-refractivity contribution is 9.10. The molecule has 0 saturated carbocycles. The molecule has 0 aliphatic rings. The summed E-state index contributed by atoms with van der Waals surface area (Å²) < 4.78 is 0.712. The van der Waals surface area contributed by atoms with Gasteiger partial charge in [0.05, 0.1) is 5.56 Å². The summed E-state index contributed by atoms with van der Waals surface area (Å²) in [6.07, 6.45) is 1.55. The molecule has 104 valence electrons. The van der Waals surface area contributed by atoms with Gasteiger partial charge in [0.1, 0.15) is 4.60 Å². The van der Waals surface area contributed by atoms with Gasteiger partial charge in [-0.1, -0.05) is 39.0 Å². The number of pyridine rings is 1. The molecule has 0 saturated heterocycles. The van der Waals surface area contributed by atoms with Crippen molar-refractivity contribution in [2.45, 2.75) is 26.2 Å². The number of carbonyl (C=O) groups excluding carboxylic acids is 1. The van der Waals surface area contributed by atoms with Crippen LogP contribution in [-0.2, 0) is 5.41 Å². The lowest BCUT2D eigenvalue weighted by Crippen LogP contribution is -2.18. The zero-order valence-corrected chi connectivity index (χ0v) is 13.4. The molecule has 2 rings (SSSR count). The fraction of sp³-hybridized carbons (Fsp3) is 0.250. The van der Waals surface area contributed by atoms with Crippen LogP contribution in [-0.4, -0.2) is 10.9 Å². The van der Waals surface area contributed by atoms with Crippen molar-refractivity contribution in [2.24, 2.45) is 0 Å². The largest absolute Gasteiger partial charge is 0.322 e. The number of halogens is 1. The molecule has 1 amide bonds. The highest BCUT2D eigenvalue weighted by Gasteiger charge is 2.18. The van der Waals surface area contributed by atoms with Crippen LogP contribution >= 0.6 is 15.9 Å². The summed E-state index contributed by atoms with van der Waals surface area (Å²) in [7, 11) is 0. The Morgan fingerprint density at radius 2 is 1.85 bits per heavy atom. The maximum absolute atomic E-state index is 12.2. The van der Waals surface area contributed by atoms with E-state index in [0.717, 1.165) is 11.3 Å². The van der Waals surface area contributed by atoms with Crippen LogP contribution in [0.4, 0.5) is 5.69 Å². The van der Waals surface area contributed by atoms with Crippen LogP contribution < -0.4 is 5.32 Å². The van der Waals surface area contributed by atoms with Gasteiger partial charge in [0.25, 0.3) is 5.91 Å². The third kappa shape index (κ3) is 3.45. The average Bonchev–Trinajstić information content (AvgIpc) is 2.38. The zero-order valence-electron chi connectivity index (χ0n) is 11.8. The van der Waals surface area contributed by atoms with Gasteiger partial charge in [0.15, 0.2) is 0 Å². The van der Waals surface area contributed by atoms with Gasteiger partial charge in [-0.3, -0.25) is 4.79 Å². The Kier molecular flexibility index (Phi) is 4.23. The molecule has 1 aromatic carbocycles. The topological polar surface area (TPSA) is 42.0 Å². The number of nitrogens with zero attached hydrogens (tertiary/aromatic N) is 1. The summed E-state index contributed by atoms with van der Waals surface area (Å²) in [5, 5.41) is 2.96. The fourth-order valence-corrected chi connectivity index (χ4v) is 2.19. The summed E-state index contributed by atoms with van der Waals surface area (Å²) in [6.45, 7) is 6.37. The number of aromatic nitrogens is 1. The van der Waals surface area contributed by atoms with Gasteiger partial charge in [-0.15, -0.1) is 0 Å². The van der Waals surface area contributed by atoms with E-state index in [0.29, 0.717) is 10.2 Å². The number of hydrogen-bond donors (Lipinski definition) is 1. The quantitative estimate of drug-likeness (QED) is 0.828. The highest BCUT2D eigenvalue weighted by Crippen LogP contribution is 2.29. The average molecular weight is 333 g/mol.